The highest BCUT2D eigenvalue weighted by Gasteiger charge is 2.29. The first kappa shape index (κ1) is 13.5. The molecule has 0 aromatic rings. The third-order valence-electron chi connectivity index (χ3n) is 2.15. The van der Waals surface area contributed by atoms with Gasteiger partial charge in [0.2, 0.25) is 0 Å². The molecule has 17 heavy (non-hydrogen) atoms. The molecule has 1 amide bonds. The first-order chi connectivity index (χ1) is 7.79. The molecule has 0 aromatic carbocycles. The van der Waals surface area contributed by atoms with Gasteiger partial charge in [0.15, 0.2) is 0 Å². The van der Waals surface area contributed by atoms with E-state index in [1.807, 2.05) is 26.8 Å². The minimum atomic E-state index is -0.528. The SMILES string of the molecule is CC(=O)OC[C@@H]1CC=CN1C(=O)OC(C)(C)C. The summed E-state index contributed by atoms with van der Waals surface area (Å²) in [5.41, 5.74) is -0.528. The average Bonchev–Trinajstić information content (AvgIpc) is 2.59. The number of amides is 1. The van der Waals surface area contributed by atoms with Crippen LogP contribution in [0.5, 0.6) is 0 Å². The predicted molar refractivity (Wildman–Crippen MR) is 62.3 cm³/mol. The highest BCUT2D eigenvalue weighted by Crippen LogP contribution is 2.19. The molecule has 0 fully saturated rings. The third kappa shape index (κ3) is 4.46. The highest BCUT2D eigenvalue weighted by atomic mass is 16.6. The lowest BCUT2D eigenvalue weighted by Crippen LogP contribution is -2.40. The van der Waals surface area contributed by atoms with Crippen molar-refractivity contribution in [2.75, 3.05) is 6.61 Å². The van der Waals surface area contributed by atoms with Crippen LogP contribution in [0.2, 0.25) is 0 Å². The number of esters is 1. The number of hydrogen-bond acceptors (Lipinski definition) is 4. The Morgan fingerprint density at radius 3 is 2.59 bits per heavy atom. The normalized spacial score (nSPS) is 19.3. The summed E-state index contributed by atoms with van der Waals surface area (Å²) in [6.45, 7) is 6.98. The van der Waals surface area contributed by atoms with E-state index in [1.54, 1.807) is 6.20 Å². The van der Waals surface area contributed by atoms with Gasteiger partial charge >= 0.3 is 12.1 Å². The number of carbonyl (C=O) groups is 2. The number of nitrogens with zero attached hydrogens (tertiary/aromatic N) is 1. The second-order valence-corrected chi connectivity index (χ2v) is 4.96. The van der Waals surface area contributed by atoms with E-state index in [-0.39, 0.29) is 18.6 Å². The summed E-state index contributed by atoms with van der Waals surface area (Å²) >= 11 is 0. The molecular formula is C12H19NO4. The third-order valence-corrected chi connectivity index (χ3v) is 2.15. The second kappa shape index (κ2) is 5.21. The quantitative estimate of drug-likeness (QED) is 0.694. The summed E-state index contributed by atoms with van der Waals surface area (Å²) in [4.78, 5) is 24.0. The number of rotatable bonds is 2. The van der Waals surface area contributed by atoms with Crippen molar-refractivity contribution >= 4 is 12.1 Å². The molecule has 1 aliphatic heterocycles. The van der Waals surface area contributed by atoms with Gasteiger partial charge in [0.25, 0.3) is 0 Å². The van der Waals surface area contributed by atoms with E-state index in [4.69, 9.17) is 9.47 Å². The van der Waals surface area contributed by atoms with E-state index in [0.717, 1.165) is 0 Å². The molecule has 0 spiro atoms. The molecule has 0 saturated carbocycles. The zero-order valence-electron chi connectivity index (χ0n) is 10.7. The van der Waals surface area contributed by atoms with Crippen molar-refractivity contribution in [3.05, 3.63) is 12.3 Å². The monoisotopic (exact) mass is 241 g/mol. The van der Waals surface area contributed by atoms with Crippen LogP contribution in [0, 0.1) is 0 Å². The van der Waals surface area contributed by atoms with E-state index in [9.17, 15) is 9.59 Å². The Hall–Kier alpha value is -1.52. The fraction of sp³-hybridized carbons (Fsp3) is 0.667. The van der Waals surface area contributed by atoms with Gasteiger partial charge in [0.1, 0.15) is 12.2 Å². The highest BCUT2D eigenvalue weighted by molar-refractivity contribution is 5.70. The Morgan fingerprint density at radius 2 is 2.06 bits per heavy atom. The van der Waals surface area contributed by atoms with Crippen LogP contribution in [0.4, 0.5) is 4.79 Å². The van der Waals surface area contributed by atoms with Gasteiger partial charge < -0.3 is 9.47 Å². The molecule has 5 nitrogen and oxygen atoms in total. The molecule has 1 heterocycles. The largest absolute Gasteiger partial charge is 0.464 e. The summed E-state index contributed by atoms with van der Waals surface area (Å²) in [5, 5.41) is 0. The van der Waals surface area contributed by atoms with Crippen molar-refractivity contribution in [2.45, 2.75) is 45.8 Å². The molecule has 0 aliphatic carbocycles. The van der Waals surface area contributed by atoms with Crippen LogP contribution in [0.3, 0.4) is 0 Å². The van der Waals surface area contributed by atoms with Gasteiger partial charge in [-0.3, -0.25) is 9.69 Å². The van der Waals surface area contributed by atoms with Gasteiger partial charge in [-0.2, -0.15) is 0 Å². The summed E-state index contributed by atoms with van der Waals surface area (Å²) in [6, 6.07) is -0.159. The maximum atomic E-state index is 11.8. The van der Waals surface area contributed by atoms with Crippen LogP contribution < -0.4 is 0 Å². The van der Waals surface area contributed by atoms with E-state index < -0.39 is 11.7 Å². The van der Waals surface area contributed by atoms with E-state index in [2.05, 4.69) is 0 Å². The van der Waals surface area contributed by atoms with E-state index >= 15 is 0 Å². The maximum Gasteiger partial charge on any atom is 0.414 e. The fourth-order valence-electron chi connectivity index (χ4n) is 1.45. The molecule has 1 aliphatic rings. The molecule has 0 N–H and O–H groups in total. The van der Waals surface area contributed by atoms with Crippen molar-refractivity contribution in [1.82, 2.24) is 4.90 Å². The van der Waals surface area contributed by atoms with E-state index in [0.29, 0.717) is 6.42 Å². The molecule has 5 heteroatoms. The first-order valence-electron chi connectivity index (χ1n) is 5.61. The van der Waals surface area contributed by atoms with Crippen LogP contribution in [0.15, 0.2) is 12.3 Å². The molecule has 0 radical (unpaired) electrons. The van der Waals surface area contributed by atoms with Gasteiger partial charge in [0, 0.05) is 13.1 Å². The first-order valence-corrected chi connectivity index (χ1v) is 5.61. The average molecular weight is 241 g/mol. The van der Waals surface area contributed by atoms with Gasteiger partial charge in [-0.15, -0.1) is 0 Å². The molecule has 1 rings (SSSR count). The summed E-state index contributed by atoms with van der Waals surface area (Å²) in [6.07, 6.45) is 3.79. The van der Waals surface area contributed by atoms with Gasteiger partial charge in [-0.25, -0.2) is 4.79 Å². The lowest BCUT2D eigenvalue weighted by atomic mass is 10.2. The van der Waals surface area contributed by atoms with Crippen molar-refractivity contribution in [1.29, 1.82) is 0 Å². The van der Waals surface area contributed by atoms with Crippen LogP contribution in [0.1, 0.15) is 34.1 Å². The van der Waals surface area contributed by atoms with E-state index in [1.165, 1.54) is 11.8 Å². The maximum absolute atomic E-state index is 11.8. The number of ether oxygens (including phenoxy) is 2. The van der Waals surface area contributed by atoms with Crippen molar-refractivity contribution < 1.29 is 19.1 Å². The fourth-order valence-corrected chi connectivity index (χ4v) is 1.45. The topological polar surface area (TPSA) is 55.8 Å². The Bertz CT molecular complexity index is 330. The standard InChI is InChI=1S/C12H19NO4/c1-9(14)16-8-10-6-5-7-13(10)11(15)17-12(2,3)4/h5,7,10H,6,8H2,1-4H3/t10-/m0/s1. The Morgan fingerprint density at radius 1 is 1.41 bits per heavy atom. The van der Waals surface area contributed by atoms with Gasteiger partial charge in [-0.05, 0) is 27.2 Å². The summed E-state index contributed by atoms with van der Waals surface area (Å²) in [5.74, 6) is -0.346. The number of carbonyl (C=O) groups excluding carboxylic acids is 2. The van der Waals surface area contributed by atoms with Gasteiger partial charge in [-0.1, -0.05) is 6.08 Å². The van der Waals surface area contributed by atoms with Crippen molar-refractivity contribution in [3.63, 3.8) is 0 Å². The minimum Gasteiger partial charge on any atom is -0.464 e. The minimum absolute atomic E-state index is 0.159. The molecule has 96 valence electrons. The lowest BCUT2D eigenvalue weighted by molar-refractivity contribution is -0.142. The van der Waals surface area contributed by atoms with Crippen LogP contribution in [-0.2, 0) is 14.3 Å². The second-order valence-electron chi connectivity index (χ2n) is 4.96. The zero-order valence-corrected chi connectivity index (χ0v) is 10.7. The Kier molecular flexibility index (Phi) is 4.15. The zero-order chi connectivity index (χ0) is 13.1. The van der Waals surface area contributed by atoms with Crippen LogP contribution in [-0.4, -0.2) is 35.2 Å². The molecule has 0 aromatic heterocycles. The summed E-state index contributed by atoms with van der Waals surface area (Å²) < 4.78 is 10.2. The summed E-state index contributed by atoms with van der Waals surface area (Å²) in [7, 11) is 0. The predicted octanol–water partition coefficient (Wildman–Crippen LogP) is 2.07. The Labute approximate surface area is 101 Å². The molecular weight excluding hydrogens is 222 g/mol. The molecule has 1 atom stereocenters. The van der Waals surface area contributed by atoms with Crippen molar-refractivity contribution in [3.8, 4) is 0 Å². The van der Waals surface area contributed by atoms with Crippen molar-refractivity contribution in [2.24, 2.45) is 0 Å². The van der Waals surface area contributed by atoms with Gasteiger partial charge in [0.05, 0.1) is 6.04 Å². The van der Waals surface area contributed by atoms with Crippen LogP contribution in [0.25, 0.3) is 0 Å². The lowest BCUT2D eigenvalue weighted by Gasteiger charge is -2.27. The molecule has 0 saturated heterocycles. The number of hydrogen-bond donors (Lipinski definition) is 0. The van der Waals surface area contributed by atoms with Crippen LogP contribution >= 0.6 is 0 Å². The Balaban J connectivity index is 2.53. The molecule has 0 bridgehead atoms. The smallest absolute Gasteiger partial charge is 0.414 e. The molecule has 0 unspecified atom stereocenters.